The summed E-state index contributed by atoms with van der Waals surface area (Å²) in [6.07, 6.45) is -2.23. The molecule has 0 atom stereocenters. The molecule has 2 fully saturated rings. The van der Waals surface area contributed by atoms with Gasteiger partial charge in [0.05, 0.1) is 35.4 Å². The Kier molecular flexibility index (Phi) is 6.54. The van der Waals surface area contributed by atoms with Gasteiger partial charge in [-0.15, -0.1) is 11.3 Å². The number of rotatable bonds is 4. The summed E-state index contributed by atoms with van der Waals surface area (Å²) >= 11 is 1.11. The predicted octanol–water partition coefficient (Wildman–Crippen LogP) is 3.40. The molecule has 1 aromatic carbocycles. The van der Waals surface area contributed by atoms with Crippen molar-refractivity contribution < 1.29 is 32.2 Å². The van der Waals surface area contributed by atoms with E-state index < -0.39 is 35.5 Å². The second kappa shape index (κ2) is 9.54. The number of anilines is 1. The largest absolute Gasteiger partial charge is 0.416 e. The Balaban J connectivity index is 1.32. The Morgan fingerprint density at radius 2 is 1.89 bits per heavy atom. The Morgan fingerprint density at radius 3 is 2.57 bits per heavy atom. The highest BCUT2D eigenvalue weighted by Crippen LogP contribution is 2.34. The number of piperidine rings is 1. The second-order valence-electron chi connectivity index (χ2n) is 8.94. The smallest absolute Gasteiger partial charge is 0.347 e. The van der Waals surface area contributed by atoms with Gasteiger partial charge >= 0.3 is 6.18 Å². The van der Waals surface area contributed by atoms with Crippen molar-refractivity contribution in [3.05, 3.63) is 57.0 Å². The standard InChI is InChI=1S/C24H23F3N4O5S/c1-14-18-20(37-19(14)22(34)30-7-5-23(6-8-30)35-9-10-36-23)28-13-31(21(18)33)12-17(32)29-16-4-2-3-15(11-16)24(25,26)27/h2-4,11,13H,5-10,12H2,1H3,(H,29,32). The van der Waals surface area contributed by atoms with E-state index in [1.807, 2.05) is 0 Å². The molecule has 0 unspecified atom stereocenters. The molecule has 2 aromatic heterocycles. The number of thiophene rings is 1. The lowest BCUT2D eigenvalue weighted by atomic mass is 10.0. The fourth-order valence-electron chi connectivity index (χ4n) is 4.58. The maximum Gasteiger partial charge on any atom is 0.416 e. The molecule has 37 heavy (non-hydrogen) atoms. The van der Waals surface area contributed by atoms with Gasteiger partial charge < -0.3 is 19.7 Å². The number of alkyl halides is 3. The van der Waals surface area contributed by atoms with Gasteiger partial charge in [0.1, 0.15) is 11.4 Å². The molecule has 2 saturated heterocycles. The molecular weight excluding hydrogens is 513 g/mol. The normalized spacial score (nSPS) is 17.5. The first-order chi connectivity index (χ1) is 17.6. The van der Waals surface area contributed by atoms with Crippen LogP contribution >= 0.6 is 11.3 Å². The number of carbonyl (C=O) groups excluding carboxylic acids is 2. The second-order valence-corrected chi connectivity index (χ2v) is 9.94. The molecule has 9 nitrogen and oxygen atoms in total. The van der Waals surface area contributed by atoms with E-state index in [1.54, 1.807) is 11.8 Å². The van der Waals surface area contributed by atoms with E-state index in [-0.39, 0.29) is 17.0 Å². The van der Waals surface area contributed by atoms with Crippen molar-refractivity contribution in [2.24, 2.45) is 0 Å². The number of likely N-dealkylation sites (tertiary alicyclic amines) is 1. The van der Waals surface area contributed by atoms with E-state index in [1.165, 1.54) is 18.5 Å². The van der Waals surface area contributed by atoms with E-state index >= 15 is 0 Å². The Morgan fingerprint density at radius 1 is 1.19 bits per heavy atom. The summed E-state index contributed by atoms with van der Waals surface area (Å²) < 4.78 is 51.3. The summed E-state index contributed by atoms with van der Waals surface area (Å²) in [4.78, 5) is 45.6. The van der Waals surface area contributed by atoms with Gasteiger partial charge in [0, 0.05) is 31.6 Å². The number of benzene rings is 1. The molecule has 2 amide bonds. The van der Waals surface area contributed by atoms with Gasteiger partial charge in [-0.3, -0.25) is 19.0 Å². The maximum absolute atomic E-state index is 13.2. The number of fused-ring (bicyclic) bond motifs is 1. The number of halogens is 3. The maximum atomic E-state index is 13.2. The zero-order valence-electron chi connectivity index (χ0n) is 19.8. The SMILES string of the molecule is Cc1c(C(=O)N2CCC3(CC2)OCCO3)sc2ncn(CC(=O)Nc3cccc(C(F)(F)F)c3)c(=O)c12. The number of carbonyl (C=O) groups is 2. The molecule has 13 heteroatoms. The average molecular weight is 537 g/mol. The molecule has 1 N–H and O–H groups in total. The van der Waals surface area contributed by atoms with Gasteiger partial charge in [-0.1, -0.05) is 6.07 Å². The molecular formula is C24H23F3N4O5S. The van der Waals surface area contributed by atoms with E-state index in [0.29, 0.717) is 54.4 Å². The first-order valence-electron chi connectivity index (χ1n) is 11.6. The summed E-state index contributed by atoms with van der Waals surface area (Å²) in [7, 11) is 0. The van der Waals surface area contributed by atoms with E-state index in [0.717, 1.165) is 28.0 Å². The highest BCUT2D eigenvalue weighted by molar-refractivity contribution is 7.20. The minimum atomic E-state index is -4.55. The van der Waals surface area contributed by atoms with Crippen LogP contribution in [-0.4, -0.2) is 58.4 Å². The van der Waals surface area contributed by atoms with Crippen LogP contribution in [0.4, 0.5) is 18.9 Å². The number of hydrogen-bond donors (Lipinski definition) is 1. The number of ether oxygens (including phenoxy) is 2. The minimum Gasteiger partial charge on any atom is -0.347 e. The highest BCUT2D eigenvalue weighted by Gasteiger charge is 2.41. The third-order valence-corrected chi connectivity index (χ3v) is 7.71. The molecule has 196 valence electrons. The van der Waals surface area contributed by atoms with Crippen LogP contribution in [0, 0.1) is 6.92 Å². The predicted molar refractivity (Wildman–Crippen MR) is 128 cm³/mol. The lowest BCUT2D eigenvalue weighted by Crippen LogP contribution is -2.47. The fraction of sp³-hybridized carbons (Fsp3) is 0.417. The Hall–Kier alpha value is -3.29. The zero-order chi connectivity index (χ0) is 26.4. The molecule has 5 rings (SSSR count). The van der Waals surface area contributed by atoms with Gasteiger partial charge in [-0.05, 0) is 30.7 Å². The topological polar surface area (TPSA) is 103 Å². The average Bonchev–Trinajstić information content (AvgIpc) is 3.45. The van der Waals surface area contributed by atoms with Crippen LogP contribution < -0.4 is 10.9 Å². The van der Waals surface area contributed by atoms with Crippen molar-refractivity contribution in [3.8, 4) is 0 Å². The van der Waals surface area contributed by atoms with Crippen LogP contribution in [0.1, 0.15) is 33.6 Å². The summed E-state index contributed by atoms with van der Waals surface area (Å²) in [6.45, 7) is 3.21. The van der Waals surface area contributed by atoms with Crippen LogP contribution in [0.2, 0.25) is 0 Å². The highest BCUT2D eigenvalue weighted by atomic mass is 32.1. The summed E-state index contributed by atoms with van der Waals surface area (Å²) in [5.41, 5.74) is -0.979. The molecule has 0 saturated carbocycles. The first kappa shape index (κ1) is 25.4. The fourth-order valence-corrected chi connectivity index (χ4v) is 5.69. The third kappa shape index (κ3) is 4.98. The number of aromatic nitrogens is 2. The molecule has 2 aliphatic rings. The summed E-state index contributed by atoms with van der Waals surface area (Å²) in [5, 5.41) is 2.61. The number of amides is 2. The van der Waals surface area contributed by atoms with Crippen LogP contribution in [0.5, 0.6) is 0 Å². The third-order valence-electron chi connectivity index (χ3n) is 6.53. The molecule has 2 aliphatic heterocycles. The molecule has 4 heterocycles. The van der Waals surface area contributed by atoms with Crippen LogP contribution in [0.3, 0.4) is 0 Å². The molecule has 0 aliphatic carbocycles. The lowest BCUT2D eigenvalue weighted by molar-refractivity contribution is -0.181. The molecule has 0 bridgehead atoms. The van der Waals surface area contributed by atoms with Crippen LogP contribution in [0.15, 0.2) is 35.4 Å². The summed E-state index contributed by atoms with van der Waals surface area (Å²) in [6, 6.07) is 4.22. The van der Waals surface area contributed by atoms with Crippen molar-refractivity contribution in [1.29, 1.82) is 0 Å². The van der Waals surface area contributed by atoms with E-state index in [9.17, 15) is 27.6 Å². The Bertz CT molecular complexity index is 1420. The number of aryl methyl sites for hydroxylation is 1. The number of nitrogens with one attached hydrogen (secondary N) is 1. The van der Waals surface area contributed by atoms with Gasteiger partial charge in [0.25, 0.3) is 11.5 Å². The van der Waals surface area contributed by atoms with Crippen molar-refractivity contribution in [2.45, 2.75) is 38.3 Å². The zero-order valence-corrected chi connectivity index (χ0v) is 20.6. The minimum absolute atomic E-state index is 0.0433. The van der Waals surface area contributed by atoms with Crippen LogP contribution in [-0.2, 0) is 27.0 Å². The molecule has 3 aromatic rings. The van der Waals surface area contributed by atoms with Gasteiger partial charge in [-0.2, -0.15) is 13.2 Å². The van der Waals surface area contributed by atoms with Crippen molar-refractivity contribution in [2.75, 3.05) is 31.6 Å². The molecule has 0 radical (unpaired) electrons. The van der Waals surface area contributed by atoms with Crippen molar-refractivity contribution in [1.82, 2.24) is 14.5 Å². The number of hydrogen-bond acceptors (Lipinski definition) is 7. The van der Waals surface area contributed by atoms with Crippen molar-refractivity contribution >= 4 is 39.1 Å². The van der Waals surface area contributed by atoms with E-state index in [4.69, 9.17) is 9.47 Å². The van der Waals surface area contributed by atoms with Gasteiger partial charge in [0.2, 0.25) is 5.91 Å². The van der Waals surface area contributed by atoms with Crippen LogP contribution in [0.25, 0.3) is 10.2 Å². The van der Waals surface area contributed by atoms with Crippen molar-refractivity contribution in [3.63, 3.8) is 0 Å². The quantitative estimate of drug-likeness (QED) is 0.549. The lowest BCUT2D eigenvalue weighted by Gasteiger charge is -2.37. The molecule has 1 spiro atoms. The van der Waals surface area contributed by atoms with Gasteiger partial charge in [-0.25, -0.2) is 4.98 Å². The monoisotopic (exact) mass is 536 g/mol. The number of nitrogens with zero attached hydrogens (tertiary/aromatic N) is 3. The van der Waals surface area contributed by atoms with E-state index in [2.05, 4.69) is 10.3 Å². The Labute approximate surface area is 212 Å². The summed E-state index contributed by atoms with van der Waals surface area (Å²) in [5.74, 6) is -1.51. The first-order valence-corrected chi connectivity index (χ1v) is 12.4. The van der Waals surface area contributed by atoms with Gasteiger partial charge in [0.15, 0.2) is 5.79 Å².